The number of ether oxygens (including phenoxy) is 1. The molecular formula is C15H30N2O. The second-order valence-electron chi connectivity index (χ2n) is 7.28. The molecule has 0 bridgehead atoms. The average Bonchev–Trinajstić information content (AvgIpc) is 2.55. The smallest absolute Gasteiger partial charge is 0.0483 e. The molecule has 0 aromatic heterocycles. The van der Waals surface area contributed by atoms with Crippen LogP contribution >= 0.6 is 0 Å². The van der Waals surface area contributed by atoms with Gasteiger partial charge in [0.25, 0.3) is 0 Å². The molecule has 18 heavy (non-hydrogen) atoms. The zero-order valence-corrected chi connectivity index (χ0v) is 12.6. The predicted molar refractivity (Wildman–Crippen MR) is 75.9 cm³/mol. The first-order valence-electron chi connectivity index (χ1n) is 7.48. The SMILES string of the molecule is CC(C)(C)C1CN(C2(C)CCOCC2)CCCN1. The minimum absolute atomic E-state index is 0.337. The second-order valence-corrected chi connectivity index (χ2v) is 7.28. The van der Waals surface area contributed by atoms with Gasteiger partial charge in [-0.25, -0.2) is 0 Å². The zero-order valence-electron chi connectivity index (χ0n) is 12.6. The van der Waals surface area contributed by atoms with Crippen molar-refractivity contribution in [1.82, 2.24) is 10.2 Å². The summed E-state index contributed by atoms with van der Waals surface area (Å²) in [7, 11) is 0. The summed E-state index contributed by atoms with van der Waals surface area (Å²) in [6.45, 7) is 14.9. The molecule has 2 aliphatic heterocycles. The summed E-state index contributed by atoms with van der Waals surface area (Å²) < 4.78 is 5.54. The highest BCUT2D eigenvalue weighted by atomic mass is 16.5. The van der Waals surface area contributed by atoms with Crippen molar-refractivity contribution < 1.29 is 4.74 Å². The molecule has 0 aromatic carbocycles. The fourth-order valence-electron chi connectivity index (χ4n) is 3.12. The maximum Gasteiger partial charge on any atom is 0.0483 e. The van der Waals surface area contributed by atoms with Crippen LogP contribution in [0.1, 0.15) is 47.0 Å². The lowest BCUT2D eigenvalue weighted by molar-refractivity contribution is -0.0235. The van der Waals surface area contributed by atoms with E-state index in [-0.39, 0.29) is 0 Å². The van der Waals surface area contributed by atoms with Gasteiger partial charge < -0.3 is 10.1 Å². The largest absolute Gasteiger partial charge is 0.381 e. The monoisotopic (exact) mass is 254 g/mol. The lowest BCUT2D eigenvalue weighted by atomic mass is 9.84. The molecular weight excluding hydrogens is 224 g/mol. The number of hydrogen-bond acceptors (Lipinski definition) is 3. The normalized spacial score (nSPS) is 31.0. The van der Waals surface area contributed by atoms with Gasteiger partial charge in [0.15, 0.2) is 0 Å². The van der Waals surface area contributed by atoms with Gasteiger partial charge in [0.1, 0.15) is 0 Å². The van der Waals surface area contributed by atoms with Crippen LogP contribution in [0.15, 0.2) is 0 Å². The molecule has 1 unspecified atom stereocenters. The van der Waals surface area contributed by atoms with Crippen LogP contribution in [0.4, 0.5) is 0 Å². The van der Waals surface area contributed by atoms with Crippen molar-refractivity contribution in [2.24, 2.45) is 5.41 Å². The van der Waals surface area contributed by atoms with E-state index >= 15 is 0 Å². The van der Waals surface area contributed by atoms with Gasteiger partial charge in [0.05, 0.1) is 0 Å². The van der Waals surface area contributed by atoms with Gasteiger partial charge in [-0.05, 0) is 44.7 Å². The van der Waals surface area contributed by atoms with E-state index in [0.29, 0.717) is 17.0 Å². The standard InChI is InChI=1S/C15H30N2O/c1-14(2,3)13-12-17(9-5-8-16-13)15(4)6-10-18-11-7-15/h13,16H,5-12H2,1-4H3. The van der Waals surface area contributed by atoms with E-state index in [1.54, 1.807) is 0 Å². The summed E-state index contributed by atoms with van der Waals surface area (Å²) in [6, 6.07) is 0.597. The molecule has 0 saturated carbocycles. The Morgan fingerprint density at radius 3 is 2.50 bits per heavy atom. The Hall–Kier alpha value is -0.120. The Balaban J connectivity index is 2.06. The van der Waals surface area contributed by atoms with Crippen LogP contribution in [0.3, 0.4) is 0 Å². The van der Waals surface area contributed by atoms with E-state index < -0.39 is 0 Å². The topological polar surface area (TPSA) is 24.5 Å². The molecule has 2 saturated heterocycles. The molecule has 0 radical (unpaired) electrons. The van der Waals surface area contributed by atoms with E-state index in [2.05, 4.69) is 37.9 Å². The maximum atomic E-state index is 5.54. The molecule has 3 nitrogen and oxygen atoms in total. The number of hydrogen-bond donors (Lipinski definition) is 1. The lowest BCUT2D eigenvalue weighted by Crippen LogP contribution is -2.55. The van der Waals surface area contributed by atoms with Crippen LogP contribution in [0, 0.1) is 5.41 Å². The number of nitrogens with one attached hydrogen (secondary N) is 1. The van der Waals surface area contributed by atoms with Crippen molar-refractivity contribution in [3.63, 3.8) is 0 Å². The van der Waals surface area contributed by atoms with E-state index in [1.165, 1.54) is 32.4 Å². The summed E-state index contributed by atoms with van der Waals surface area (Å²) >= 11 is 0. The molecule has 0 aliphatic carbocycles. The van der Waals surface area contributed by atoms with Gasteiger partial charge in [-0.3, -0.25) is 4.90 Å². The highest BCUT2D eigenvalue weighted by molar-refractivity contribution is 4.94. The van der Waals surface area contributed by atoms with Crippen LogP contribution in [-0.4, -0.2) is 49.3 Å². The first-order chi connectivity index (χ1) is 8.42. The molecule has 0 aromatic rings. The van der Waals surface area contributed by atoms with Gasteiger partial charge >= 0.3 is 0 Å². The van der Waals surface area contributed by atoms with Crippen LogP contribution in [0.5, 0.6) is 0 Å². The molecule has 2 fully saturated rings. The van der Waals surface area contributed by atoms with E-state index in [1.807, 2.05) is 0 Å². The first kappa shape index (κ1) is 14.3. The van der Waals surface area contributed by atoms with Crippen molar-refractivity contribution >= 4 is 0 Å². The average molecular weight is 254 g/mol. The van der Waals surface area contributed by atoms with Crippen molar-refractivity contribution in [2.45, 2.75) is 58.5 Å². The minimum atomic E-state index is 0.337. The fourth-order valence-corrected chi connectivity index (χ4v) is 3.12. The molecule has 0 spiro atoms. The molecule has 2 heterocycles. The third-order valence-electron chi connectivity index (χ3n) is 4.78. The first-order valence-corrected chi connectivity index (χ1v) is 7.48. The Labute approximate surface area is 112 Å². The third kappa shape index (κ3) is 3.25. The fraction of sp³-hybridized carbons (Fsp3) is 1.00. The summed E-state index contributed by atoms with van der Waals surface area (Å²) in [4.78, 5) is 2.73. The molecule has 106 valence electrons. The van der Waals surface area contributed by atoms with Gasteiger partial charge in [0.2, 0.25) is 0 Å². The molecule has 2 aliphatic rings. The van der Waals surface area contributed by atoms with Gasteiger partial charge in [-0.15, -0.1) is 0 Å². The Kier molecular flexibility index (Phi) is 4.35. The van der Waals surface area contributed by atoms with Crippen molar-refractivity contribution in [3.05, 3.63) is 0 Å². The molecule has 1 N–H and O–H groups in total. The van der Waals surface area contributed by atoms with Gasteiger partial charge in [-0.2, -0.15) is 0 Å². The molecule has 2 rings (SSSR count). The van der Waals surface area contributed by atoms with Crippen molar-refractivity contribution in [1.29, 1.82) is 0 Å². The summed E-state index contributed by atoms with van der Waals surface area (Å²) in [5, 5.41) is 3.73. The Morgan fingerprint density at radius 1 is 1.22 bits per heavy atom. The second kappa shape index (κ2) is 5.48. The van der Waals surface area contributed by atoms with Crippen LogP contribution < -0.4 is 5.32 Å². The van der Waals surface area contributed by atoms with Crippen LogP contribution in [0.25, 0.3) is 0 Å². The van der Waals surface area contributed by atoms with Gasteiger partial charge in [-0.1, -0.05) is 20.8 Å². The summed E-state index contributed by atoms with van der Waals surface area (Å²) in [6.07, 6.45) is 3.64. The Morgan fingerprint density at radius 2 is 1.89 bits per heavy atom. The highest BCUT2D eigenvalue weighted by Crippen LogP contribution is 2.31. The summed E-state index contributed by atoms with van der Waals surface area (Å²) in [5.41, 5.74) is 0.692. The quantitative estimate of drug-likeness (QED) is 0.777. The lowest BCUT2D eigenvalue weighted by Gasteiger charge is -2.46. The maximum absolute atomic E-state index is 5.54. The Bertz CT molecular complexity index is 266. The van der Waals surface area contributed by atoms with E-state index in [4.69, 9.17) is 4.74 Å². The van der Waals surface area contributed by atoms with Crippen LogP contribution in [-0.2, 0) is 4.74 Å². The third-order valence-corrected chi connectivity index (χ3v) is 4.78. The predicted octanol–water partition coefficient (Wildman–Crippen LogP) is 2.27. The van der Waals surface area contributed by atoms with Crippen molar-refractivity contribution in [3.8, 4) is 0 Å². The highest BCUT2D eigenvalue weighted by Gasteiger charge is 2.37. The van der Waals surface area contributed by atoms with Gasteiger partial charge in [0, 0.05) is 31.3 Å². The zero-order chi connectivity index (χ0) is 13.2. The minimum Gasteiger partial charge on any atom is -0.381 e. The molecule has 3 heteroatoms. The van der Waals surface area contributed by atoms with E-state index in [0.717, 1.165) is 19.8 Å². The molecule has 0 amide bonds. The number of rotatable bonds is 1. The van der Waals surface area contributed by atoms with Crippen molar-refractivity contribution in [2.75, 3.05) is 32.8 Å². The summed E-state index contributed by atoms with van der Waals surface area (Å²) in [5.74, 6) is 0. The van der Waals surface area contributed by atoms with Crippen LogP contribution in [0.2, 0.25) is 0 Å². The molecule has 1 atom stereocenters. The number of nitrogens with zero attached hydrogens (tertiary/aromatic N) is 1. The van der Waals surface area contributed by atoms with E-state index in [9.17, 15) is 0 Å².